The first kappa shape index (κ1) is 17.9. The summed E-state index contributed by atoms with van der Waals surface area (Å²) in [5, 5.41) is 13.5. The van der Waals surface area contributed by atoms with Crippen molar-refractivity contribution in [3.05, 3.63) is 29.6 Å². The average molecular weight is 297 g/mol. The predicted octanol–water partition coefficient (Wildman–Crippen LogP) is 3.50. The standard InChI is InChI=1S/C17H28FNO2/c1-12(2)17(6,20)11-21-15-13(8-7-9-14(15)18)10-19-16(3,4)5/h7-9,12,19-20H,10-11H2,1-6H3. The van der Waals surface area contributed by atoms with Gasteiger partial charge in [-0.25, -0.2) is 4.39 Å². The van der Waals surface area contributed by atoms with Gasteiger partial charge in [-0.15, -0.1) is 0 Å². The first-order chi connectivity index (χ1) is 9.53. The van der Waals surface area contributed by atoms with E-state index in [1.807, 2.05) is 19.9 Å². The molecule has 0 saturated heterocycles. The van der Waals surface area contributed by atoms with Gasteiger partial charge in [-0.3, -0.25) is 0 Å². The summed E-state index contributed by atoms with van der Waals surface area (Å²) in [5.74, 6) is -0.154. The maximum Gasteiger partial charge on any atom is 0.165 e. The van der Waals surface area contributed by atoms with E-state index < -0.39 is 11.4 Å². The van der Waals surface area contributed by atoms with Gasteiger partial charge in [0.05, 0.1) is 5.60 Å². The zero-order valence-corrected chi connectivity index (χ0v) is 14.0. The van der Waals surface area contributed by atoms with Crippen molar-refractivity contribution in [2.45, 2.75) is 59.2 Å². The monoisotopic (exact) mass is 297 g/mol. The van der Waals surface area contributed by atoms with Crippen molar-refractivity contribution >= 4 is 0 Å². The van der Waals surface area contributed by atoms with E-state index in [1.54, 1.807) is 13.0 Å². The van der Waals surface area contributed by atoms with Crippen molar-refractivity contribution in [3.63, 3.8) is 0 Å². The number of aliphatic hydroxyl groups is 1. The molecule has 0 aromatic heterocycles. The maximum atomic E-state index is 14.0. The number of para-hydroxylation sites is 1. The highest BCUT2D eigenvalue weighted by Crippen LogP contribution is 2.26. The third kappa shape index (κ3) is 5.64. The van der Waals surface area contributed by atoms with Crippen LogP contribution in [0, 0.1) is 11.7 Å². The van der Waals surface area contributed by atoms with Gasteiger partial charge in [-0.2, -0.15) is 0 Å². The van der Waals surface area contributed by atoms with E-state index in [2.05, 4.69) is 26.1 Å². The first-order valence-corrected chi connectivity index (χ1v) is 7.40. The largest absolute Gasteiger partial charge is 0.487 e. The molecular weight excluding hydrogens is 269 g/mol. The summed E-state index contributed by atoms with van der Waals surface area (Å²) >= 11 is 0. The molecule has 0 aliphatic heterocycles. The highest BCUT2D eigenvalue weighted by Gasteiger charge is 2.27. The molecule has 0 aliphatic carbocycles. The molecule has 3 nitrogen and oxygen atoms in total. The second kappa shape index (κ2) is 6.75. The smallest absolute Gasteiger partial charge is 0.165 e. The molecule has 4 heteroatoms. The van der Waals surface area contributed by atoms with Crippen LogP contribution >= 0.6 is 0 Å². The van der Waals surface area contributed by atoms with Crippen molar-refractivity contribution < 1.29 is 14.2 Å². The van der Waals surface area contributed by atoms with Crippen LogP contribution in [0.25, 0.3) is 0 Å². The van der Waals surface area contributed by atoms with Gasteiger partial charge in [-0.05, 0) is 39.7 Å². The molecule has 1 rings (SSSR count). The Balaban J connectivity index is 2.86. The lowest BCUT2D eigenvalue weighted by Crippen LogP contribution is -2.38. The molecule has 21 heavy (non-hydrogen) atoms. The van der Waals surface area contributed by atoms with Gasteiger partial charge in [-0.1, -0.05) is 26.0 Å². The summed E-state index contributed by atoms with van der Waals surface area (Å²) in [4.78, 5) is 0. The van der Waals surface area contributed by atoms with Gasteiger partial charge in [0.25, 0.3) is 0 Å². The molecule has 0 heterocycles. The van der Waals surface area contributed by atoms with Crippen LogP contribution in [0.15, 0.2) is 18.2 Å². The maximum absolute atomic E-state index is 14.0. The minimum absolute atomic E-state index is 0.0282. The molecule has 1 unspecified atom stereocenters. The van der Waals surface area contributed by atoms with Crippen LogP contribution in [0.5, 0.6) is 5.75 Å². The normalized spacial score (nSPS) is 15.1. The van der Waals surface area contributed by atoms with Crippen LogP contribution in [0.1, 0.15) is 47.1 Å². The van der Waals surface area contributed by atoms with E-state index in [0.717, 1.165) is 5.56 Å². The second-order valence-corrected chi connectivity index (χ2v) is 7.13. The fraction of sp³-hybridized carbons (Fsp3) is 0.647. The summed E-state index contributed by atoms with van der Waals surface area (Å²) in [7, 11) is 0. The van der Waals surface area contributed by atoms with Gasteiger partial charge in [0.15, 0.2) is 11.6 Å². The Bertz CT molecular complexity index is 464. The Morgan fingerprint density at radius 3 is 2.38 bits per heavy atom. The van der Waals surface area contributed by atoms with Crippen LogP contribution in [0.4, 0.5) is 4.39 Å². The van der Waals surface area contributed by atoms with Crippen molar-refractivity contribution in [3.8, 4) is 5.75 Å². The van der Waals surface area contributed by atoms with Crippen molar-refractivity contribution in [2.75, 3.05) is 6.61 Å². The lowest BCUT2D eigenvalue weighted by Gasteiger charge is -2.28. The predicted molar refractivity (Wildman–Crippen MR) is 83.9 cm³/mol. The third-order valence-corrected chi connectivity index (χ3v) is 3.61. The van der Waals surface area contributed by atoms with E-state index in [1.165, 1.54) is 6.07 Å². The quantitative estimate of drug-likeness (QED) is 0.844. The fourth-order valence-corrected chi connectivity index (χ4v) is 1.60. The second-order valence-electron chi connectivity index (χ2n) is 7.13. The van der Waals surface area contributed by atoms with E-state index in [4.69, 9.17) is 4.74 Å². The molecule has 2 N–H and O–H groups in total. The topological polar surface area (TPSA) is 41.5 Å². The fourth-order valence-electron chi connectivity index (χ4n) is 1.60. The Labute approximate surface area is 127 Å². The first-order valence-electron chi connectivity index (χ1n) is 7.40. The van der Waals surface area contributed by atoms with E-state index in [9.17, 15) is 9.50 Å². The molecular formula is C17H28FNO2. The van der Waals surface area contributed by atoms with Gasteiger partial charge in [0.1, 0.15) is 6.61 Å². The number of ether oxygens (including phenoxy) is 1. The highest BCUT2D eigenvalue weighted by molar-refractivity contribution is 5.35. The zero-order chi connectivity index (χ0) is 16.3. The Hall–Kier alpha value is -1.13. The van der Waals surface area contributed by atoms with Crippen LogP contribution in [0.3, 0.4) is 0 Å². The highest BCUT2D eigenvalue weighted by atomic mass is 19.1. The summed E-state index contributed by atoms with van der Waals surface area (Å²) in [5.41, 5.74) is -0.297. The minimum atomic E-state index is -0.989. The molecule has 1 atom stereocenters. The molecule has 0 saturated carbocycles. The summed E-state index contributed by atoms with van der Waals surface area (Å²) in [6.07, 6.45) is 0. The van der Waals surface area contributed by atoms with Crippen LogP contribution in [0.2, 0.25) is 0 Å². The zero-order valence-electron chi connectivity index (χ0n) is 14.0. The lowest BCUT2D eigenvalue weighted by molar-refractivity contribution is -0.0277. The number of hydrogen-bond donors (Lipinski definition) is 2. The molecule has 0 bridgehead atoms. The van der Waals surface area contributed by atoms with Crippen molar-refractivity contribution in [1.82, 2.24) is 5.32 Å². The van der Waals surface area contributed by atoms with Gasteiger partial charge in [0, 0.05) is 17.6 Å². The lowest BCUT2D eigenvalue weighted by atomic mass is 9.94. The van der Waals surface area contributed by atoms with Gasteiger partial charge >= 0.3 is 0 Å². The third-order valence-electron chi connectivity index (χ3n) is 3.61. The van der Waals surface area contributed by atoms with Crippen LogP contribution in [-0.2, 0) is 6.54 Å². The van der Waals surface area contributed by atoms with Crippen LogP contribution < -0.4 is 10.1 Å². The number of benzene rings is 1. The number of rotatable bonds is 6. The minimum Gasteiger partial charge on any atom is -0.487 e. The molecule has 0 amide bonds. The van der Waals surface area contributed by atoms with E-state index >= 15 is 0 Å². The number of halogens is 1. The van der Waals surface area contributed by atoms with Crippen molar-refractivity contribution in [1.29, 1.82) is 0 Å². The molecule has 1 aromatic rings. The van der Waals surface area contributed by atoms with Crippen molar-refractivity contribution in [2.24, 2.45) is 5.92 Å². The average Bonchev–Trinajstić information content (AvgIpc) is 2.34. The van der Waals surface area contributed by atoms with Gasteiger partial charge < -0.3 is 15.2 Å². The molecule has 0 fully saturated rings. The Morgan fingerprint density at radius 2 is 1.86 bits per heavy atom. The molecule has 1 aromatic carbocycles. The van der Waals surface area contributed by atoms with E-state index in [0.29, 0.717) is 6.54 Å². The van der Waals surface area contributed by atoms with Gasteiger partial charge in [0.2, 0.25) is 0 Å². The Morgan fingerprint density at radius 1 is 1.24 bits per heavy atom. The molecule has 0 radical (unpaired) electrons. The number of nitrogens with one attached hydrogen (secondary N) is 1. The number of hydrogen-bond acceptors (Lipinski definition) is 3. The van der Waals surface area contributed by atoms with Crippen LogP contribution in [-0.4, -0.2) is 22.9 Å². The summed E-state index contributed by atoms with van der Waals surface area (Å²) in [6, 6.07) is 4.88. The summed E-state index contributed by atoms with van der Waals surface area (Å²) < 4.78 is 19.6. The van der Waals surface area contributed by atoms with E-state index in [-0.39, 0.29) is 23.8 Å². The molecule has 0 aliphatic rings. The molecule has 120 valence electrons. The Kier molecular flexibility index (Phi) is 5.76. The summed E-state index contributed by atoms with van der Waals surface area (Å²) in [6.45, 7) is 12.3. The molecule has 0 spiro atoms. The SMILES string of the molecule is CC(C)C(C)(O)COc1c(F)cccc1CNC(C)(C)C.